The van der Waals surface area contributed by atoms with Gasteiger partial charge in [-0.25, -0.2) is 27.6 Å². The molecule has 1 aromatic heterocycles. The molecule has 34 heavy (non-hydrogen) atoms. The summed E-state index contributed by atoms with van der Waals surface area (Å²) in [5.41, 5.74) is 1.88. The van der Waals surface area contributed by atoms with Gasteiger partial charge in [-0.05, 0) is 48.9 Å². The van der Waals surface area contributed by atoms with E-state index < -0.39 is 22.0 Å². The first kappa shape index (κ1) is 24.0. The number of carboxylic acids is 1. The predicted octanol–water partition coefficient (Wildman–Crippen LogP) is 4.16. The van der Waals surface area contributed by atoms with E-state index in [1.807, 2.05) is 6.07 Å². The molecule has 0 amide bonds. The van der Waals surface area contributed by atoms with Crippen LogP contribution in [0.1, 0.15) is 58.3 Å². The number of aromatic carboxylic acids is 1. The second-order valence-electron chi connectivity index (χ2n) is 8.38. The lowest BCUT2D eigenvalue weighted by atomic mass is 10.0. The predicted molar refractivity (Wildman–Crippen MR) is 125 cm³/mol. The molecule has 9 heteroatoms. The van der Waals surface area contributed by atoms with Crippen molar-refractivity contribution in [2.45, 2.75) is 43.9 Å². The van der Waals surface area contributed by atoms with E-state index in [0.717, 1.165) is 18.4 Å². The Morgan fingerprint density at radius 3 is 2.47 bits per heavy atom. The summed E-state index contributed by atoms with van der Waals surface area (Å²) in [5, 5.41) is 9.61. The van der Waals surface area contributed by atoms with Crippen molar-refractivity contribution in [1.29, 1.82) is 0 Å². The van der Waals surface area contributed by atoms with Crippen LogP contribution in [0.3, 0.4) is 0 Å². The summed E-state index contributed by atoms with van der Waals surface area (Å²) in [7, 11) is -3.63. The molecule has 0 radical (unpaired) electrons. The number of aromatic nitrogens is 2. The van der Waals surface area contributed by atoms with Crippen molar-refractivity contribution >= 4 is 16.0 Å². The number of aryl methyl sites for hydroxylation is 2. The molecule has 2 heterocycles. The lowest BCUT2D eigenvalue weighted by Gasteiger charge is -2.34. The zero-order valence-corrected chi connectivity index (χ0v) is 19.4. The number of carboxylic acid groups (broad SMARTS) is 1. The first-order chi connectivity index (χ1) is 16.3. The first-order valence-corrected chi connectivity index (χ1v) is 12.8. The summed E-state index contributed by atoms with van der Waals surface area (Å²) in [5.74, 6) is -1.28. The summed E-state index contributed by atoms with van der Waals surface area (Å²) < 4.78 is 41.2. The standard InChI is InChI=1S/C25H26FN3O4S/c26-20-12-9-18(10-13-20)11-14-22-21(25(30)31)16-27-24(28-22)23-8-4-5-15-29(23)34(32,33)17-19-6-2-1-3-7-19/h1-3,6-7,9-10,12-13,16,23H,4-5,8,11,14-15,17H2,(H,30,31). The van der Waals surface area contributed by atoms with Gasteiger partial charge in [-0.1, -0.05) is 48.9 Å². The Morgan fingerprint density at radius 1 is 1.03 bits per heavy atom. The first-order valence-electron chi connectivity index (χ1n) is 11.2. The van der Waals surface area contributed by atoms with E-state index in [-0.39, 0.29) is 17.1 Å². The molecule has 3 aromatic rings. The number of hydrogen-bond donors (Lipinski definition) is 1. The van der Waals surface area contributed by atoms with Gasteiger partial charge in [-0.2, -0.15) is 4.31 Å². The lowest BCUT2D eigenvalue weighted by molar-refractivity contribution is 0.0694. The van der Waals surface area contributed by atoms with Gasteiger partial charge in [-0.15, -0.1) is 0 Å². The monoisotopic (exact) mass is 483 g/mol. The summed E-state index contributed by atoms with van der Waals surface area (Å²) in [6.45, 7) is 0.370. The van der Waals surface area contributed by atoms with Crippen LogP contribution >= 0.6 is 0 Å². The minimum atomic E-state index is -3.63. The van der Waals surface area contributed by atoms with Gasteiger partial charge in [0.1, 0.15) is 11.6 Å². The van der Waals surface area contributed by atoms with Gasteiger partial charge in [0.05, 0.1) is 23.1 Å². The van der Waals surface area contributed by atoms with Crippen LogP contribution in [0.5, 0.6) is 0 Å². The molecule has 0 spiro atoms. The Kier molecular flexibility index (Phi) is 7.33. The van der Waals surface area contributed by atoms with Crippen molar-refractivity contribution in [2.24, 2.45) is 0 Å². The minimum Gasteiger partial charge on any atom is -0.478 e. The molecule has 1 saturated heterocycles. The van der Waals surface area contributed by atoms with Crippen molar-refractivity contribution < 1.29 is 22.7 Å². The SMILES string of the molecule is O=C(O)c1cnc(C2CCCCN2S(=O)(=O)Cc2ccccc2)nc1CCc1ccc(F)cc1. The molecule has 1 unspecified atom stereocenters. The average molecular weight is 484 g/mol. The molecule has 4 rings (SSSR count). The van der Waals surface area contributed by atoms with Crippen LogP contribution in [-0.2, 0) is 28.6 Å². The van der Waals surface area contributed by atoms with E-state index >= 15 is 0 Å². The topological polar surface area (TPSA) is 100 Å². The molecule has 0 aliphatic carbocycles. The Balaban J connectivity index is 1.61. The lowest BCUT2D eigenvalue weighted by Crippen LogP contribution is -2.40. The van der Waals surface area contributed by atoms with E-state index in [9.17, 15) is 22.7 Å². The Labute approximate surface area is 198 Å². The van der Waals surface area contributed by atoms with Gasteiger partial charge in [-0.3, -0.25) is 0 Å². The molecular formula is C25H26FN3O4S. The number of nitrogens with zero attached hydrogens (tertiary/aromatic N) is 3. The van der Waals surface area contributed by atoms with Crippen LogP contribution in [-0.4, -0.2) is 40.3 Å². The summed E-state index contributed by atoms with van der Waals surface area (Å²) >= 11 is 0. The molecule has 178 valence electrons. The number of benzene rings is 2. The second-order valence-corrected chi connectivity index (χ2v) is 10.3. The summed E-state index contributed by atoms with van der Waals surface area (Å²) in [4.78, 5) is 20.6. The van der Waals surface area contributed by atoms with Gasteiger partial charge >= 0.3 is 5.97 Å². The van der Waals surface area contributed by atoms with Crippen molar-refractivity contribution in [3.63, 3.8) is 0 Å². The van der Waals surface area contributed by atoms with Crippen LogP contribution in [0.2, 0.25) is 0 Å². The van der Waals surface area contributed by atoms with E-state index in [4.69, 9.17) is 0 Å². The Morgan fingerprint density at radius 2 is 1.76 bits per heavy atom. The zero-order chi connectivity index (χ0) is 24.1. The van der Waals surface area contributed by atoms with Crippen LogP contribution in [0.25, 0.3) is 0 Å². The molecule has 0 saturated carbocycles. The van der Waals surface area contributed by atoms with Crippen LogP contribution < -0.4 is 0 Å². The fourth-order valence-corrected chi connectivity index (χ4v) is 6.01. The largest absolute Gasteiger partial charge is 0.478 e. The van der Waals surface area contributed by atoms with E-state index in [1.165, 1.54) is 22.6 Å². The van der Waals surface area contributed by atoms with Gasteiger partial charge in [0.25, 0.3) is 0 Å². The van der Waals surface area contributed by atoms with Crippen LogP contribution in [0.15, 0.2) is 60.8 Å². The second kappa shape index (κ2) is 10.4. The number of rotatable bonds is 8. The van der Waals surface area contributed by atoms with Gasteiger partial charge in [0, 0.05) is 12.7 Å². The van der Waals surface area contributed by atoms with Gasteiger partial charge < -0.3 is 5.11 Å². The normalized spacial score (nSPS) is 16.9. The highest BCUT2D eigenvalue weighted by molar-refractivity contribution is 7.88. The average Bonchev–Trinajstić information content (AvgIpc) is 2.84. The van der Waals surface area contributed by atoms with Crippen LogP contribution in [0.4, 0.5) is 4.39 Å². The number of sulfonamides is 1. The fourth-order valence-electron chi connectivity index (χ4n) is 4.24. The summed E-state index contributed by atoms with van der Waals surface area (Å²) in [6.07, 6.45) is 4.19. The molecule has 1 aliphatic heterocycles. The fraction of sp³-hybridized carbons (Fsp3) is 0.320. The molecule has 1 N–H and O–H groups in total. The van der Waals surface area contributed by atoms with E-state index in [2.05, 4.69) is 9.97 Å². The number of piperidine rings is 1. The Hall–Kier alpha value is -3.17. The third-order valence-electron chi connectivity index (χ3n) is 5.98. The molecule has 7 nitrogen and oxygen atoms in total. The maximum atomic E-state index is 13.3. The summed E-state index contributed by atoms with van der Waals surface area (Å²) in [6, 6.07) is 14.5. The molecule has 1 fully saturated rings. The van der Waals surface area contributed by atoms with Crippen molar-refractivity contribution in [3.05, 3.63) is 94.8 Å². The highest BCUT2D eigenvalue weighted by atomic mass is 32.2. The van der Waals surface area contributed by atoms with Crippen molar-refractivity contribution in [2.75, 3.05) is 6.54 Å². The smallest absolute Gasteiger partial charge is 0.339 e. The third-order valence-corrected chi connectivity index (χ3v) is 7.83. The molecule has 1 aliphatic rings. The minimum absolute atomic E-state index is 0.0136. The molecule has 1 atom stereocenters. The van der Waals surface area contributed by atoms with Crippen molar-refractivity contribution in [3.8, 4) is 0 Å². The van der Waals surface area contributed by atoms with Crippen molar-refractivity contribution in [1.82, 2.24) is 14.3 Å². The highest BCUT2D eigenvalue weighted by Gasteiger charge is 2.35. The molecule has 0 bridgehead atoms. The van der Waals surface area contributed by atoms with Gasteiger partial charge in [0.2, 0.25) is 10.0 Å². The maximum Gasteiger partial charge on any atom is 0.339 e. The van der Waals surface area contributed by atoms with Crippen LogP contribution in [0, 0.1) is 5.82 Å². The third kappa shape index (κ3) is 5.66. The Bertz CT molecular complexity index is 1250. The van der Waals surface area contributed by atoms with E-state index in [0.29, 0.717) is 42.9 Å². The maximum absolute atomic E-state index is 13.3. The molecular weight excluding hydrogens is 457 g/mol. The quantitative estimate of drug-likeness (QED) is 0.517. The number of carbonyl (C=O) groups is 1. The van der Waals surface area contributed by atoms with Gasteiger partial charge in [0.15, 0.2) is 0 Å². The molecule has 2 aromatic carbocycles. The highest BCUT2D eigenvalue weighted by Crippen LogP contribution is 2.33. The zero-order valence-electron chi connectivity index (χ0n) is 18.6. The number of hydrogen-bond acceptors (Lipinski definition) is 5. The van der Waals surface area contributed by atoms with E-state index in [1.54, 1.807) is 36.4 Å². The number of halogens is 1.